The van der Waals surface area contributed by atoms with Gasteiger partial charge < -0.3 is 10.4 Å². The van der Waals surface area contributed by atoms with Crippen molar-refractivity contribution in [1.82, 2.24) is 20.1 Å². The van der Waals surface area contributed by atoms with Gasteiger partial charge in [-0.3, -0.25) is 9.67 Å². The van der Waals surface area contributed by atoms with E-state index in [4.69, 9.17) is 0 Å². The third-order valence-electron chi connectivity index (χ3n) is 4.16. The molecule has 1 aromatic carbocycles. The summed E-state index contributed by atoms with van der Waals surface area (Å²) < 4.78 is 14.9. The molecule has 0 aliphatic carbocycles. The smallest absolute Gasteiger partial charge is 0.141 e. The van der Waals surface area contributed by atoms with Crippen molar-refractivity contribution in [2.75, 3.05) is 6.54 Å². The number of pyridine rings is 1. The van der Waals surface area contributed by atoms with E-state index in [1.165, 1.54) is 12.3 Å². The first-order valence-electron chi connectivity index (χ1n) is 8.07. The zero-order valence-corrected chi connectivity index (χ0v) is 14.2. The van der Waals surface area contributed by atoms with Gasteiger partial charge >= 0.3 is 0 Å². The molecule has 0 radical (unpaired) electrons. The number of aryl methyl sites for hydroxylation is 1. The molecule has 2 heterocycles. The lowest BCUT2D eigenvalue weighted by Gasteiger charge is -2.26. The van der Waals surface area contributed by atoms with Crippen LogP contribution >= 0.6 is 0 Å². The molecule has 0 unspecified atom stereocenters. The van der Waals surface area contributed by atoms with Gasteiger partial charge in [-0.05, 0) is 24.6 Å². The third kappa shape index (κ3) is 4.10. The second-order valence-corrected chi connectivity index (χ2v) is 6.30. The van der Waals surface area contributed by atoms with E-state index in [-0.39, 0.29) is 18.4 Å². The van der Waals surface area contributed by atoms with Crippen LogP contribution < -0.4 is 5.32 Å². The summed E-state index contributed by atoms with van der Waals surface area (Å²) in [6.45, 7) is 2.02. The summed E-state index contributed by atoms with van der Waals surface area (Å²) in [5.74, 6) is -0.377. The van der Waals surface area contributed by atoms with Crippen molar-refractivity contribution in [3.8, 4) is 0 Å². The molecule has 2 N–H and O–H groups in total. The van der Waals surface area contributed by atoms with Crippen LogP contribution in [0.3, 0.4) is 0 Å². The highest BCUT2D eigenvalue weighted by molar-refractivity contribution is 5.28. The first kappa shape index (κ1) is 17.3. The summed E-state index contributed by atoms with van der Waals surface area (Å²) in [5.41, 5.74) is 1.31. The average molecular weight is 340 g/mol. The summed E-state index contributed by atoms with van der Waals surface area (Å²) in [6.07, 6.45) is 4.64. The minimum Gasteiger partial charge on any atom is -0.384 e. The van der Waals surface area contributed by atoms with Crippen molar-refractivity contribution >= 4 is 0 Å². The van der Waals surface area contributed by atoms with E-state index in [1.807, 2.05) is 37.4 Å². The molecule has 3 rings (SSSR count). The molecule has 130 valence electrons. The van der Waals surface area contributed by atoms with Crippen LogP contribution in [0.2, 0.25) is 0 Å². The Morgan fingerprint density at radius 3 is 2.56 bits per heavy atom. The normalized spacial score (nSPS) is 14.9. The van der Waals surface area contributed by atoms with Crippen molar-refractivity contribution in [2.24, 2.45) is 7.05 Å². The highest BCUT2D eigenvalue weighted by Gasteiger charge is 2.27. The van der Waals surface area contributed by atoms with Crippen molar-refractivity contribution in [3.63, 3.8) is 0 Å². The van der Waals surface area contributed by atoms with Crippen molar-refractivity contribution in [2.45, 2.75) is 18.6 Å². The Labute approximate surface area is 146 Å². The number of hydrogen-bond donors (Lipinski definition) is 2. The molecule has 0 amide bonds. The first-order chi connectivity index (χ1) is 12.0. The first-order valence-corrected chi connectivity index (χ1v) is 8.07. The molecule has 2 aromatic heterocycles. The van der Waals surface area contributed by atoms with Crippen LogP contribution in [0.4, 0.5) is 4.39 Å². The molecule has 0 aliphatic rings. The van der Waals surface area contributed by atoms with E-state index in [9.17, 15) is 9.50 Å². The Bertz CT molecular complexity index is 815. The third-order valence-corrected chi connectivity index (χ3v) is 4.16. The van der Waals surface area contributed by atoms with Gasteiger partial charge in [-0.1, -0.05) is 30.3 Å². The maximum atomic E-state index is 13.2. The Kier molecular flexibility index (Phi) is 4.92. The highest BCUT2D eigenvalue weighted by Crippen LogP contribution is 2.24. The van der Waals surface area contributed by atoms with Crippen LogP contribution in [-0.4, -0.2) is 26.4 Å². The molecule has 25 heavy (non-hydrogen) atoms. The zero-order chi connectivity index (χ0) is 17.9. The molecular weight excluding hydrogens is 319 g/mol. The van der Waals surface area contributed by atoms with Gasteiger partial charge in [0.25, 0.3) is 0 Å². The van der Waals surface area contributed by atoms with Gasteiger partial charge in [-0.15, -0.1) is 0 Å². The molecule has 0 fully saturated rings. The van der Waals surface area contributed by atoms with Crippen LogP contribution in [-0.2, 0) is 12.6 Å². The van der Waals surface area contributed by atoms with Gasteiger partial charge in [0.05, 0.1) is 24.1 Å². The lowest BCUT2D eigenvalue weighted by atomic mass is 9.97. The summed E-state index contributed by atoms with van der Waals surface area (Å²) >= 11 is 0. The van der Waals surface area contributed by atoms with Gasteiger partial charge in [0.15, 0.2) is 0 Å². The fourth-order valence-electron chi connectivity index (χ4n) is 2.70. The zero-order valence-electron chi connectivity index (χ0n) is 14.2. The average Bonchev–Trinajstić information content (AvgIpc) is 3.05. The molecule has 0 spiro atoms. The van der Waals surface area contributed by atoms with Crippen molar-refractivity contribution in [3.05, 3.63) is 83.7 Å². The number of aromatic nitrogens is 3. The number of benzene rings is 1. The summed E-state index contributed by atoms with van der Waals surface area (Å²) in [4.78, 5) is 4.20. The SMILES string of the molecule is Cn1cc([C@](C)(O)CN[C@@H](c2ccccc2)c2ccc(F)cn2)cn1. The van der Waals surface area contributed by atoms with Crippen LogP contribution in [0, 0.1) is 5.82 Å². The number of nitrogens with zero attached hydrogens (tertiary/aromatic N) is 3. The minimum absolute atomic E-state index is 0.259. The second-order valence-electron chi connectivity index (χ2n) is 6.30. The summed E-state index contributed by atoms with van der Waals surface area (Å²) in [5, 5.41) is 18.2. The minimum atomic E-state index is -1.10. The predicted molar refractivity (Wildman–Crippen MR) is 93.3 cm³/mol. The maximum Gasteiger partial charge on any atom is 0.141 e. The fourth-order valence-corrected chi connectivity index (χ4v) is 2.70. The number of rotatable bonds is 6. The van der Waals surface area contributed by atoms with Crippen LogP contribution in [0.25, 0.3) is 0 Å². The number of halogens is 1. The topological polar surface area (TPSA) is 63.0 Å². The highest BCUT2D eigenvalue weighted by atomic mass is 19.1. The lowest BCUT2D eigenvalue weighted by Crippen LogP contribution is -2.37. The number of nitrogens with one attached hydrogen (secondary N) is 1. The predicted octanol–water partition coefficient (Wildman–Crippen LogP) is 2.54. The monoisotopic (exact) mass is 340 g/mol. The van der Waals surface area contributed by atoms with E-state index < -0.39 is 5.60 Å². The molecule has 0 aliphatic heterocycles. The molecule has 5 nitrogen and oxygen atoms in total. The fraction of sp³-hybridized carbons (Fsp3) is 0.263. The molecule has 0 saturated heterocycles. The van der Waals surface area contributed by atoms with E-state index in [0.29, 0.717) is 5.69 Å². The molecule has 3 aromatic rings. The van der Waals surface area contributed by atoms with Crippen molar-refractivity contribution in [1.29, 1.82) is 0 Å². The molecule has 0 saturated carbocycles. The molecule has 2 atom stereocenters. The number of hydrogen-bond acceptors (Lipinski definition) is 4. The lowest BCUT2D eigenvalue weighted by molar-refractivity contribution is 0.0548. The van der Waals surface area contributed by atoms with Gasteiger partial charge in [-0.25, -0.2) is 4.39 Å². The Morgan fingerprint density at radius 1 is 1.20 bits per heavy atom. The van der Waals surface area contributed by atoms with Gasteiger partial charge in [0.1, 0.15) is 11.4 Å². The quantitative estimate of drug-likeness (QED) is 0.724. The van der Waals surface area contributed by atoms with Crippen LogP contribution in [0.1, 0.15) is 29.8 Å². The summed E-state index contributed by atoms with van der Waals surface area (Å²) in [6, 6.07) is 12.5. The molecule has 0 bridgehead atoms. The van der Waals surface area contributed by atoms with Crippen LogP contribution in [0.15, 0.2) is 61.1 Å². The Hall–Kier alpha value is -2.57. The number of aliphatic hydroxyl groups is 1. The van der Waals surface area contributed by atoms with Gasteiger partial charge in [0, 0.05) is 25.4 Å². The standard InChI is InChI=1S/C19H21FN4O/c1-19(25,15-10-23-24(2)12-15)13-22-18(14-6-4-3-5-7-14)17-9-8-16(20)11-21-17/h3-12,18,22,25H,13H2,1-2H3/t18-,19+/m0/s1. The van der Waals surface area contributed by atoms with Crippen molar-refractivity contribution < 1.29 is 9.50 Å². The van der Waals surface area contributed by atoms with E-state index in [1.54, 1.807) is 30.1 Å². The van der Waals surface area contributed by atoms with E-state index in [0.717, 1.165) is 11.1 Å². The maximum absolute atomic E-state index is 13.2. The van der Waals surface area contributed by atoms with Crippen LogP contribution in [0.5, 0.6) is 0 Å². The Morgan fingerprint density at radius 2 is 1.96 bits per heavy atom. The van der Waals surface area contributed by atoms with E-state index in [2.05, 4.69) is 15.4 Å². The summed E-state index contributed by atoms with van der Waals surface area (Å²) in [7, 11) is 1.81. The van der Waals surface area contributed by atoms with Gasteiger partial charge in [0.2, 0.25) is 0 Å². The Balaban J connectivity index is 1.84. The molecular formula is C19H21FN4O. The molecule has 6 heteroatoms. The largest absolute Gasteiger partial charge is 0.384 e. The van der Waals surface area contributed by atoms with E-state index >= 15 is 0 Å². The second kappa shape index (κ2) is 7.13. The van der Waals surface area contributed by atoms with Gasteiger partial charge in [-0.2, -0.15) is 5.10 Å².